The van der Waals surface area contributed by atoms with Gasteiger partial charge in [-0.25, -0.2) is 0 Å². The molecule has 0 aliphatic rings. The van der Waals surface area contributed by atoms with Crippen LogP contribution in [0.15, 0.2) is 18.2 Å². The first-order valence-electron chi connectivity index (χ1n) is 7.99. The van der Waals surface area contributed by atoms with Gasteiger partial charge in [-0.2, -0.15) is 9.36 Å². The number of quaternary nitrogens is 1. The number of benzene rings is 1. The van der Waals surface area contributed by atoms with Gasteiger partial charge in [0, 0.05) is 6.04 Å². The maximum Gasteiger partial charge on any atom is 0.275 e. The quantitative estimate of drug-likeness (QED) is 0.742. The summed E-state index contributed by atoms with van der Waals surface area (Å²) >= 11 is 5.50. The minimum absolute atomic E-state index is 0.0101. The van der Waals surface area contributed by atoms with Crippen LogP contribution in [0.5, 0.6) is 0 Å². The summed E-state index contributed by atoms with van der Waals surface area (Å²) in [4.78, 5) is 12.8. The van der Waals surface area contributed by atoms with Crippen molar-refractivity contribution >= 4 is 18.1 Å². The van der Waals surface area contributed by atoms with Crippen LogP contribution in [0.1, 0.15) is 25.0 Å². The lowest BCUT2D eigenvalue weighted by Crippen LogP contribution is -3.09. The van der Waals surface area contributed by atoms with Crippen molar-refractivity contribution in [1.82, 2.24) is 25.1 Å². The molecule has 1 heterocycles. The number of nitrogens with one attached hydrogen (secondary N) is 2. The second-order valence-electron chi connectivity index (χ2n) is 6.41. The fraction of sp³-hybridized carbons (Fsp3) is 0.500. The number of hydrogen-bond acceptors (Lipinski definition) is 4. The number of tetrazole rings is 1. The van der Waals surface area contributed by atoms with Gasteiger partial charge in [-0.3, -0.25) is 4.79 Å². The van der Waals surface area contributed by atoms with Gasteiger partial charge in [0.1, 0.15) is 0 Å². The van der Waals surface area contributed by atoms with Crippen LogP contribution in [0, 0.1) is 18.6 Å². The Hall–Kier alpha value is -2.06. The molecule has 0 saturated carbocycles. The van der Waals surface area contributed by atoms with Gasteiger partial charge in [0.2, 0.25) is 4.77 Å². The predicted molar refractivity (Wildman–Crippen MR) is 94.7 cm³/mol. The second-order valence-corrected chi connectivity index (χ2v) is 6.77. The molecule has 1 atom stereocenters. The van der Waals surface area contributed by atoms with Crippen molar-refractivity contribution in [3.05, 3.63) is 34.1 Å². The van der Waals surface area contributed by atoms with E-state index in [0.29, 0.717) is 18.0 Å². The van der Waals surface area contributed by atoms with E-state index in [4.69, 9.17) is 12.2 Å². The predicted octanol–water partition coefficient (Wildman–Crippen LogP) is 0.412. The summed E-state index contributed by atoms with van der Waals surface area (Å²) in [5.74, 6) is 0.0101. The largest absolute Gasteiger partial charge is 0.349 e. The van der Waals surface area contributed by atoms with Crippen LogP contribution in [-0.4, -0.2) is 45.3 Å². The highest BCUT2D eigenvalue weighted by atomic mass is 32.1. The summed E-state index contributed by atoms with van der Waals surface area (Å²) < 4.78 is 3.83. The number of amides is 1. The summed E-state index contributed by atoms with van der Waals surface area (Å²) in [6, 6.07) is 6.14. The Morgan fingerprint density at radius 1 is 1.33 bits per heavy atom. The first-order chi connectivity index (χ1) is 11.3. The first-order valence-corrected chi connectivity index (χ1v) is 8.40. The number of carbonyl (C=O) groups excluding carboxylic acids is 1. The molecule has 0 spiro atoms. The molecule has 2 aromatic rings. The van der Waals surface area contributed by atoms with Crippen LogP contribution in [0.25, 0.3) is 5.69 Å². The Labute approximate surface area is 147 Å². The molecule has 1 unspecified atom stereocenters. The zero-order valence-electron chi connectivity index (χ0n) is 14.8. The molecule has 7 nitrogen and oxygen atoms in total. The van der Waals surface area contributed by atoms with Gasteiger partial charge in [0.15, 0.2) is 13.2 Å². The van der Waals surface area contributed by atoms with E-state index in [1.54, 1.807) is 9.36 Å². The zero-order valence-corrected chi connectivity index (χ0v) is 15.6. The fourth-order valence-electron chi connectivity index (χ4n) is 2.45. The molecule has 2 rings (SSSR count). The van der Waals surface area contributed by atoms with Gasteiger partial charge < -0.3 is 10.2 Å². The van der Waals surface area contributed by atoms with E-state index in [1.165, 1.54) is 5.56 Å². The molecule has 8 heteroatoms. The molecule has 1 aromatic carbocycles. The SMILES string of the molecule is Cc1cccc(-n2nnn(C[NH+](C)CC(=O)NC(C)C)c2=S)c1C. The van der Waals surface area contributed by atoms with Crippen LogP contribution in [0.2, 0.25) is 0 Å². The molecule has 24 heavy (non-hydrogen) atoms. The van der Waals surface area contributed by atoms with E-state index in [0.717, 1.165) is 16.2 Å². The maximum absolute atomic E-state index is 11.8. The Bertz CT molecular complexity index is 779. The standard InChI is InChI=1S/C16H24N6OS/c1-11(2)17-15(23)9-20(5)10-21-16(24)22(19-18-21)14-8-6-7-12(3)13(14)4/h6-8,11H,9-10H2,1-5H3,(H,17,23)/p+1. The molecule has 0 aliphatic heterocycles. The lowest BCUT2D eigenvalue weighted by molar-refractivity contribution is -0.895. The summed E-state index contributed by atoms with van der Waals surface area (Å²) in [5, 5.41) is 11.2. The summed E-state index contributed by atoms with van der Waals surface area (Å²) in [6.07, 6.45) is 0. The maximum atomic E-state index is 11.8. The molecule has 0 radical (unpaired) electrons. The fourth-order valence-corrected chi connectivity index (χ4v) is 2.68. The highest BCUT2D eigenvalue weighted by molar-refractivity contribution is 7.71. The molecular formula is C16H25N6OS+. The van der Waals surface area contributed by atoms with Gasteiger partial charge >= 0.3 is 0 Å². The summed E-state index contributed by atoms with van der Waals surface area (Å²) in [7, 11) is 1.93. The molecule has 1 amide bonds. The third kappa shape index (κ3) is 4.27. The van der Waals surface area contributed by atoms with E-state index in [2.05, 4.69) is 28.7 Å². The van der Waals surface area contributed by atoms with Crippen LogP contribution >= 0.6 is 12.2 Å². The van der Waals surface area contributed by atoms with Crippen molar-refractivity contribution in [2.45, 2.75) is 40.4 Å². The first kappa shape index (κ1) is 18.3. The number of carbonyl (C=O) groups is 1. The third-order valence-electron chi connectivity index (χ3n) is 3.78. The van der Waals surface area contributed by atoms with Gasteiger partial charge in [-0.15, -0.1) is 0 Å². The van der Waals surface area contributed by atoms with Gasteiger partial charge in [-0.05, 0) is 67.5 Å². The average Bonchev–Trinajstić information content (AvgIpc) is 2.82. The summed E-state index contributed by atoms with van der Waals surface area (Å²) in [6.45, 7) is 8.82. The van der Waals surface area contributed by atoms with E-state index >= 15 is 0 Å². The van der Waals surface area contributed by atoms with Crippen molar-refractivity contribution in [2.24, 2.45) is 0 Å². The summed E-state index contributed by atoms with van der Waals surface area (Å²) in [5.41, 5.74) is 3.23. The van der Waals surface area contributed by atoms with Crippen LogP contribution < -0.4 is 10.2 Å². The van der Waals surface area contributed by atoms with Crippen molar-refractivity contribution in [2.75, 3.05) is 13.6 Å². The van der Waals surface area contributed by atoms with Crippen molar-refractivity contribution in [3.63, 3.8) is 0 Å². The average molecular weight is 349 g/mol. The lowest BCUT2D eigenvalue weighted by atomic mass is 10.1. The minimum atomic E-state index is 0.0101. The molecule has 0 aliphatic carbocycles. The zero-order chi connectivity index (χ0) is 17.9. The van der Waals surface area contributed by atoms with Crippen molar-refractivity contribution < 1.29 is 9.69 Å². The molecule has 2 N–H and O–H groups in total. The topological polar surface area (TPSA) is 69.2 Å². The number of hydrogen-bond donors (Lipinski definition) is 2. The number of likely N-dealkylation sites (N-methyl/N-ethyl adjacent to an activating group) is 1. The van der Waals surface area contributed by atoms with Crippen LogP contribution in [-0.2, 0) is 11.5 Å². The Morgan fingerprint density at radius 3 is 2.71 bits per heavy atom. The Kier molecular flexibility index (Phi) is 5.84. The molecule has 130 valence electrons. The van der Waals surface area contributed by atoms with Crippen LogP contribution in [0.4, 0.5) is 0 Å². The normalized spacial score (nSPS) is 12.4. The highest BCUT2D eigenvalue weighted by Crippen LogP contribution is 2.16. The van der Waals surface area contributed by atoms with Gasteiger partial charge in [0.25, 0.3) is 5.91 Å². The Balaban J connectivity index is 2.14. The highest BCUT2D eigenvalue weighted by Gasteiger charge is 2.15. The molecule has 0 bridgehead atoms. The van der Waals surface area contributed by atoms with E-state index < -0.39 is 0 Å². The monoisotopic (exact) mass is 349 g/mol. The molecule has 1 aromatic heterocycles. The van der Waals surface area contributed by atoms with Gasteiger partial charge in [-0.1, -0.05) is 12.1 Å². The van der Waals surface area contributed by atoms with Crippen molar-refractivity contribution in [1.29, 1.82) is 0 Å². The van der Waals surface area contributed by atoms with E-state index in [-0.39, 0.29) is 11.9 Å². The Morgan fingerprint density at radius 2 is 2.04 bits per heavy atom. The molecule has 0 saturated heterocycles. The number of rotatable bonds is 6. The number of nitrogens with zero attached hydrogens (tertiary/aromatic N) is 4. The number of aryl methyl sites for hydroxylation is 1. The minimum Gasteiger partial charge on any atom is -0.349 e. The second kappa shape index (κ2) is 7.67. The van der Waals surface area contributed by atoms with E-state index in [9.17, 15) is 4.79 Å². The molecular weight excluding hydrogens is 324 g/mol. The number of aromatic nitrogens is 4. The smallest absolute Gasteiger partial charge is 0.275 e. The van der Waals surface area contributed by atoms with E-state index in [1.807, 2.05) is 40.0 Å². The third-order valence-corrected chi connectivity index (χ3v) is 4.16. The van der Waals surface area contributed by atoms with Gasteiger partial charge in [0.05, 0.1) is 12.7 Å². The van der Waals surface area contributed by atoms with Crippen molar-refractivity contribution in [3.8, 4) is 5.69 Å². The molecule has 0 fully saturated rings. The lowest BCUT2D eigenvalue weighted by Gasteiger charge is -2.14. The van der Waals surface area contributed by atoms with Crippen LogP contribution in [0.3, 0.4) is 0 Å².